The molecule has 1 saturated carbocycles. The molecule has 6 heteroatoms. The van der Waals surface area contributed by atoms with Crippen LogP contribution in [0.4, 0.5) is 10.7 Å². The van der Waals surface area contributed by atoms with E-state index in [1.54, 1.807) is 0 Å². The van der Waals surface area contributed by atoms with E-state index in [0.29, 0.717) is 21.8 Å². The first-order chi connectivity index (χ1) is 8.08. The van der Waals surface area contributed by atoms with Crippen molar-refractivity contribution in [1.82, 2.24) is 0 Å². The summed E-state index contributed by atoms with van der Waals surface area (Å²) in [6.45, 7) is 2.12. The van der Waals surface area contributed by atoms with Crippen LogP contribution in [0.25, 0.3) is 0 Å². The Bertz CT molecular complexity index is 504. The summed E-state index contributed by atoms with van der Waals surface area (Å²) in [5, 5.41) is 12.8. The van der Waals surface area contributed by atoms with Crippen LogP contribution in [0.5, 0.6) is 0 Å². The number of methoxy groups -OCH3 is 1. The van der Waals surface area contributed by atoms with Crippen LogP contribution in [-0.2, 0) is 4.74 Å². The molecule has 0 radical (unpaired) electrons. The first-order valence-electron chi connectivity index (χ1n) is 5.25. The fraction of sp³-hybridized carbons (Fsp3) is 0.455. The Labute approximate surface area is 103 Å². The fourth-order valence-electron chi connectivity index (χ4n) is 1.62. The fourth-order valence-corrected chi connectivity index (χ4v) is 2.59. The van der Waals surface area contributed by atoms with E-state index in [4.69, 9.17) is 11.0 Å². The highest BCUT2D eigenvalue weighted by Crippen LogP contribution is 2.40. The number of rotatable bonds is 3. The molecular weight excluding hydrogens is 238 g/mol. The van der Waals surface area contributed by atoms with Gasteiger partial charge in [0, 0.05) is 6.04 Å². The summed E-state index contributed by atoms with van der Waals surface area (Å²) in [6.07, 6.45) is 1.07. The summed E-state index contributed by atoms with van der Waals surface area (Å²) in [6, 6.07) is 2.35. The maximum absolute atomic E-state index is 11.6. The topological polar surface area (TPSA) is 88.1 Å². The molecule has 0 aliphatic heterocycles. The number of hydrogen-bond acceptors (Lipinski definition) is 6. The van der Waals surface area contributed by atoms with Gasteiger partial charge in [0.2, 0.25) is 0 Å². The molecule has 1 aliphatic carbocycles. The van der Waals surface area contributed by atoms with Crippen molar-refractivity contribution in [2.45, 2.75) is 19.4 Å². The lowest BCUT2D eigenvalue weighted by atomic mass is 10.2. The Morgan fingerprint density at radius 1 is 1.71 bits per heavy atom. The van der Waals surface area contributed by atoms with E-state index in [0.717, 1.165) is 6.42 Å². The first-order valence-corrected chi connectivity index (χ1v) is 6.07. The van der Waals surface area contributed by atoms with E-state index in [1.165, 1.54) is 18.4 Å². The van der Waals surface area contributed by atoms with Gasteiger partial charge in [-0.2, -0.15) is 5.26 Å². The van der Waals surface area contributed by atoms with Gasteiger partial charge in [-0.1, -0.05) is 6.92 Å². The van der Waals surface area contributed by atoms with Crippen molar-refractivity contribution in [3.05, 3.63) is 10.4 Å². The third-order valence-corrected chi connectivity index (χ3v) is 3.90. The molecule has 90 valence electrons. The predicted octanol–water partition coefficient (Wildman–Crippen LogP) is 1.81. The third-order valence-electron chi connectivity index (χ3n) is 2.86. The van der Waals surface area contributed by atoms with Crippen molar-refractivity contribution < 1.29 is 9.53 Å². The molecule has 3 N–H and O–H groups in total. The number of carbonyl (C=O) groups excluding carboxylic acids is 1. The summed E-state index contributed by atoms with van der Waals surface area (Å²) in [5.74, 6) is 0.0883. The van der Waals surface area contributed by atoms with Gasteiger partial charge in [0.1, 0.15) is 21.5 Å². The highest BCUT2D eigenvalue weighted by atomic mass is 32.1. The van der Waals surface area contributed by atoms with E-state index in [2.05, 4.69) is 17.0 Å². The summed E-state index contributed by atoms with van der Waals surface area (Å²) in [7, 11) is 1.30. The summed E-state index contributed by atoms with van der Waals surface area (Å²) < 4.78 is 4.68. The van der Waals surface area contributed by atoms with Crippen LogP contribution >= 0.6 is 11.3 Å². The number of nitrogen functional groups attached to an aromatic ring is 1. The molecule has 0 bridgehead atoms. The number of hydrogen-bond donors (Lipinski definition) is 2. The van der Waals surface area contributed by atoms with E-state index < -0.39 is 5.97 Å². The smallest absolute Gasteiger partial charge is 0.343 e. The number of nitrogens with two attached hydrogens (primary N) is 1. The lowest BCUT2D eigenvalue weighted by molar-refractivity contribution is 0.0603. The van der Waals surface area contributed by atoms with Crippen molar-refractivity contribution in [1.29, 1.82) is 5.26 Å². The van der Waals surface area contributed by atoms with Gasteiger partial charge in [0.25, 0.3) is 0 Å². The van der Waals surface area contributed by atoms with Gasteiger partial charge in [-0.25, -0.2) is 4.79 Å². The van der Waals surface area contributed by atoms with Crippen LogP contribution in [0.3, 0.4) is 0 Å². The molecule has 1 aromatic heterocycles. The molecule has 1 fully saturated rings. The quantitative estimate of drug-likeness (QED) is 0.800. The monoisotopic (exact) mass is 251 g/mol. The average Bonchev–Trinajstić information content (AvgIpc) is 2.90. The second-order valence-corrected chi connectivity index (χ2v) is 5.14. The normalized spacial score (nSPS) is 21.7. The van der Waals surface area contributed by atoms with Crippen LogP contribution in [0, 0.1) is 17.2 Å². The zero-order valence-corrected chi connectivity index (χ0v) is 10.4. The molecule has 5 nitrogen and oxygen atoms in total. The molecule has 0 spiro atoms. The Morgan fingerprint density at radius 3 is 2.82 bits per heavy atom. The predicted molar refractivity (Wildman–Crippen MR) is 66.0 cm³/mol. The molecular formula is C11H13N3O2S. The number of esters is 1. The zero-order valence-electron chi connectivity index (χ0n) is 9.61. The summed E-state index contributed by atoms with van der Waals surface area (Å²) in [4.78, 5) is 12.0. The molecule has 1 heterocycles. The van der Waals surface area contributed by atoms with Crippen LogP contribution < -0.4 is 11.1 Å². The van der Waals surface area contributed by atoms with E-state index in [9.17, 15) is 4.79 Å². The zero-order chi connectivity index (χ0) is 12.6. The Balaban J connectivity index is 2.35. The molecule has 1 aliphatic rings. The number of anilines is 2. The Hall–Kier alpha value is -1.74. The highest BCUT2D eigenvalue weighted by molar-refractivity contribution is 7.17. The Kier molecular flexibility index (Phi) is 2.94. The second-order valence-electron chi connectivity index (χ2n) is 4.12. The molecule has 1 aromatic rings. The minimum absolute atomic E-state index is 0.208. The van der Waals surface area contributed by atoms with Crippen LogP contribution in [-0.4, -0.2) is 19.1 Å². The van der Waals surface area contributed by atoms with Gasteiger partial charge in [0.05, 0.1) is 12.8 Å². The summed E-state index contributed by atoms with van der Waals surface area (Å²) >= 11 is 1.20. The first kappa shape index (κ1) is 11.7. The minimum atomic E-state index is -0.504. The number of nitriles is 1. The van der Waals surface area contributed by atoms with Crippen molar-refractivity contribution in [2.24, 2.45) is 5.92 Å². The van der Waals surface area contributed by atoms with Crippen molar-refractivity contribution >= 4 is 28.0 Å². The van der Waals surface area contributed by atoms with Gasteiger partial charge < -0.3 is 15.8 Å². The second kappa shape index (κ2) is 4.26. The SMILES string of the molecule is COC(=O)c1c(NC2CC2C)sc(C#N)c1N. The van der Waals surface area contributed by atoms with Crippen LogP contribution in [0.15, 0.2) is 0 Å². The number of nitrogens with one attached hydrogen (secondary N) is 1. The van der Waals surface area contributed by atoms with Gasteiger partial charge in [-0.05, 0) is 12.3 Å². The molecule has 0 saturated heterocycles. The van der Waals surface area contributed by atoms with E-state index in [-0.39, 0.29) is 11.3 Å². The minimum Gasteiger partial charge on any atom is -0.465 e. The number of carbonyl (C=O) groups is 1. The third kappa shape index (κ3) is 2.06. The summed E-state index contributed by atoms with van der Waals surface area (Å²) in [5.41, 5.74) is 6.26. The molecule has 0 amide bonds. The lowest BCUT2D eigenvalue weighted by Gasteiger charge is -2.05. The maximum atomic E-state index is 11.6. The number of nitrogens with zero attached hydrogens (tertiary/aromatic N) is 1. The maximum Gasteiger partial charge on any atom is 0.343 e. The van der Waals surface area contributed by atoms with Crippen molar-refractivity contribution in [3.63, 3.8) is 0 Å². The van der Waals surface area contributed by atoms with Gasteiger partial charge in [-0.15, -0.1) is 11.3 Å². The molecule has 17 heavy (non-hydrogen) atoms. The molecule has 2 rings (SSSR count). The van der Waals surface area contributed by atoms with Gasteiger partial charge in [0.15, 0.2) is 0 Å². The molecule has 2 unspecified atom stereocenters. The van der Waals surface area contributed by atoms with Crippen LogP contribution in [0.2, 0.25) is 0 Å². The Morgan fingerprint density at radius 2 is 2.35 bits per heavy atom. The molecule has 2 atom stereocenters. The largest absolute Gasteiger partial charge is 0.465 e. The van der Waals surface area contributed by atoms with Gasteiger partial charge in [-0.3, -0.25) is 0 Å². The van der Waals surface area contributed by atoms with Crippen molar-refractivity contribution in [3.8, 4) is 6.07 Å². The highest BCUT2D eigenvalue weighted by Gasteiger charge is 2.35. The molecule has 0 aromatic carbocycles. The number of ether oxygens (including phenoxy) is 1. The van der Waals surface area contributed by atoms with E-state index in [1.807, 2.05) is 6.07 Å². The standard InChI is InChI=1S/C11H13N3O2S/c1-5-3-6(5)14-10-8(11(15)16-2)9(13)7(4-12)17-10/h5-6,14H,3,13H2,1-2H3. The van der Waals surface area contributed by atoms with Gasteiger partial charge >= 0.3 is 5.97 Å². The average molecular weight is 251 g/mol. The number of thiophene rings is 1. The lowest BCUT2D eigenvalue weighted by Crippen LogP contribution is -2.09. The van der Waals surface area contributed by atoms with Crippen molar-refractivity contribution in [2.75, 3.05) is 18.2 Å². The van der Waals surface area contributed by atoms with Crippen LogP contribution in [0.1, 0.15) is 28.6 Å². The van der Waals surface area contributed by atoms with E-state index >= 15 is 0 Å².